The van der Waals surface area contributed by atoms with Gasteiger partial charge in [-0.15, -0.1) is 0 Å². The predicted octanol–water partition coefficient (Wildman–Crippen LogP) is 6.73. The van der Waals surface area contributed by atoms with Crippen molar-refractivity contribution in [2.24, 2.45) is 11.8 Å². The first-order valence-corrected chi connectivity index (χ1v) is 8.87. The number of hydrogen-bond acceptors (Lipinski definition) is 1. The minimum atomic E-state index is 0.916. The zero-order valence-corrected chi connectivity index (χ0v) is 16.7. The fourth-order valence-electron chi connectivity index (χ4n) is 1.97. The maximum absolute atomic E-state index is 2.43. The summed E-state index contributed by atoms with van der Waals surface area (Å²) in [7, 11) is 2.21. The Hall–Kier alpha value is -0.0400. The molecule has 0 aliphatic carbocycles. The van der Waals surface area contributed by atoms with Crippen LogP contribution in [0.1, 0.15) is 89.5 Å². The molecule has 1 aliphatic heterocycles. The Labute approximate surface area is 127 Å². The molecule has 1 heteroatoms. The number of rotatable bonds is 0. The fourth-order valence-corrected chi connectivity index (χ4v) is 1.97. The van der Waals surface area contributed by atoms with Crippen molar-refractivity contribution in [3.63, 3.8) is 0 Å². The molecule has 1 saturated heterocycles. The molecule has 0 spiro atoms. The van der Waals surface area contributed by atoms with Gasteiger partial charge in [0.15, 0.2) is 0 Å². The molecule has 0 aromatic rings. The molecule has 1 fully saturated rings. The summed E-state index contributed by atoms with van der Waals surface area (Å²) in [5.74, 6) is 1.83. The van der Waals surface area contributed by atoms with Gasteiger partial charge in [0.1, 0.15) is 0 Å². The third-order valence-electron chi connectivity index (χ3n) is 2.05. The van der Waals surface area contributed by atoms with E-state index in [0.717, 1.165) is 11.8 Å². The summed E-state index contributed by atoms with van der Waals surface area (Å²) in [5, 5.41) is 0. The Kier molecular flexibility index (Phi) is 59.7. The van der Waals surface area contributed by atoms with Crippen LogP contribution in [0.2, 0.25) is 0 Å². The van der Waals surface area contributed by atoms with Gasteiger partial charge >= 0.3 is 0 Å². The van der Waals surface area contributed by atoms with E-state index in [1.54, 1.807) is 0 Å². The topological polar surface area (TPSA) is 3.24 Å². The summed E-state index contributed by atoms with van der Waals surface area (Å²) in [5.41, 5.74) is 0. The van der Waals surface area contributed by atoms with Crippen LogP contribution in [-0.2, 0) is 0 Å². The van der Waals surface area contributed by atoms with Gasteiger partial charge in [-0.25, -0.2) is 0 Å². The molecule has 0 amide bonds. The van der Waals surface area contributed by atoms with Crippen molar-refractivity contribution in [3.05, 3.63) is 0 Å². The molecule has 1 heterocycles. The molecule has 2 atom stereocenters. The van der Waals surface area contributed by atoms with Gasteiger partial charge in [0.25, 0.3) is 0 Å². The zero-order valence-electron chi connectivity index (χ0n) is 16.7. The van der Waals surface area contributed by atoms with Gasteiger partial charge in [-0.1, -0.05) is 83.1 Å². The van der Waals surface area contributed by atoms with Crippen LogP contribution in [0.25, 0.3) is 0 Å². The Bertz CT molecular complexity index is 66.7. The maximum Gasteiger partial charge on any atom is 0.000419 e. The molecule has 0 aromatic heterocycles. The minimum Gasteiger partial charge on any atom is -0.306 e. The molecule has 0 saturated carbocycles. The average molecular weight is 278 g/mol. The van der Waals surface area contributed by atoms with Crippen LogP contribution in [0.3, 0.4) is 0 Å². The van der Waals surface area contributed by atoms with Crippen LogP contribution in [0.4, 0.5) is 0 Å². The normalized spacial score (nSPS) is 20.1. The third kappa shape index (κ3) is 32.0. The highest BCUT2D eigenvalue weighted by Crippen LogP contribution is 2.18. The van der Waals surface area contributed by atoms with Gasteiger partial charge in [0.2, 0.25) is 0 Å². The van der Waals surface area contributed by atoms with Gasteiger partial charge in [-0.05, 0) is 25.3 Å². The molecular weight excluding hydrogens is 230 g/mol. The van der Waals surface area contributed by atoms with Crippen LogP contribution in [-0.4, -0.2) is 25.0 Å². The smallest absolute Gasteiger partial charge is 0.000419 e. The molecule has 0 aromatic carbocycles. The van der Waals surface area contributed by atoms with Crippen LogP contribution < -0.4 is 0 Å². The molecule has 19 heavy (non-hydrogen) atoms. The highest BCUT2D eigenvalue weighted by Gasteiger charge is 2.17. The van der Waals surface area contributed by atoms with Gasteiger partial charge < -0.3 is 4.90 Å². The SMILES string of the molecule is CC.CC.CC.CC.CC.CC1CC(C)CN(C)C1. The third-order valence-corrected chi connectivity index (χ3v) is 2.05. The Balaban J connectivity index is -0.0000000557. The summed E-state index contributed by atoms with van der Waals surface area (Å²) in [6, 6.07) is 0. The molecule has 1 nitrogen and oxygen atoms in total. The molecule has 2 unspecified atom stereocenters. The Morgan fingerprint density at radius 1 is 0.579 bits per heavy atom. The Morgan fingerprint density at radius 2 is 0.789 bits per heavy atom. The van der Waals surface area contributed by atoms with Crippen molar-refractivity contribution in [1.29, 1.82) is 0 Å². The molecular formula is C18H47N. The van der Waals surface area contributed by atoms with Gasteiger partial charge in [0.05, 0.1) is 0 Å². The summed E-state index contributed by atoms with van der Waals surface area (Å²) >= 11 is 0. The lowest BCUT2D eigenvalue weighted by Crippen LogP contribution is -2.35. The molecule has 0 bridgehead atoms. The summed E-state index contributed by atoms with van der Waals surface area (Å²) < 4.78 is 0. The number of piperidine rings is 1. The fraction of sp³-hybridized carbons (Fsp3) is 1.00. The van der Waals surface area contributed by atoms with Gasteiger partial charge in [-0.2, -0.15) is 0 Å². The van der Waals surface area contributed by atoms with E-state index in [9.17, 15) is 0 Å². The standard InChI is InChI=1S/C8H17N.5C2H6/c1-7-4-8(2)6-9(3)5-7;5*1-2/h7-8H,4-6H2,1-3H3;5*1-2H3. The summed E-state index contributed by atoms with van der Waals surface area (Å²) in [6.45, 7) is 27.3. The van der Waals surface area contributed by atoms with E-state index in [0.29, 0.717) is 0 Å². The van der Waals surface area contributed by atoms with E-state index in [-0.39, 0.29) is 0 Å². The predicted molar refractivity (Wildman–Crippen MR) is 97.2 cm³/mol. The van der Waals surface area contributed by atoms with Gasteiger partial charge in [0, 0.05) is 13.1 Å². The lowest BCUT2D eigenvalue weighted by atomic mass is 9.92. The maximum atomic E-state index is 2.43. The molecule has 1 aliphatic rings. The minimum absolute atomic E-state index is 0.916. The van der Waals surface area contributed by atoms with Gasteiger partial charge in [-0.3, -0.25) is 0 Å². The van der Waals surface area contributed by atoms with Crippen molar-refractivity contribution in [3.8, 4) is 0 Å². The van der Waals surface area contributed by atoms with E-state index in [1.165, 1.54) is 19.5 Å². The number of hydrogen-bond donors (Lipinski definition) is 0. The van der Waals surface area contributed by atoms with Crippen LogP contribution >= 0.6 is 0 Å². The average Bonchev–Trinajstić information content (AvgIpc) is 2.48. The number of nitrogens with zero attached hydrogens (tertiary/aromatic N) is 1. The van der Waals surface area contributed by atoms with Crippen LogP contribution in [0, 0.1) is 11.8 Å². The van der Waals surface area contributed by atoms with Crippen molar-refractivity contribution < 1.29 is 0 Å². The Morgan fingerprint density at radius 3 is 0.947 bits per heavy atom. The quantitative estimate of drug-likeness (QED) is 0.475. The number of likely N-dealkylation sites (tertiary alicyclic amines) is 1. The second kappa shape index (κ2) is 36.1. The van der Waals surface area contributed by atoms with E-state index in [4.69, 9.17) is 0 Å². The van der Waals surface area contributed by atoms with Crippen molar-refractivity contribution in [2.45, 2.75) is 89.5 Å². The van der Waals surface area contributed by atoms with E-state index < -0.39 is 0 Å². The second-order valence-electron chi connectivity index (χ2n) is 3.67. The van der Waals surface area contributed by atoms with Crippen molar-refractivity contribution in [2.75, 3.05) is 20.1 Å². The first-order chi connectivity index (χ1) is 9.18. The van der Waals surface area contributed by atoms with E-state index in [2.05, 4.69) is 25.8 Å². The first kappa shape index (κ1) is 31.4. The lowest BCUT2D eigenvalue weighted by Gasteiger charge is -2.31. The lowest BCUT2D eigenvalue weighted by molar-refractivity contribution is 0.171. The summed E-state index contributed by atoms with van der Waals surface area (Å²) in [4.78, 5) is 2.43. The summed E-state index contributed by atoms with van der Waals surface area (Å²) in [6.07, 6.45) is 1.42. The highest BCUT2D eigenvalue weighted by atomic mass is 15.1. The molecule has 124 valence electrons. The van der Waals surface area contributed by atoms with E-state index in [1.807, 2.05) is 69.2 Å². The van der Waals surface area contributed by atoms with Crippen molar-refractivity contribution in [1.82, 2.24) is 4.90 Å². The molecule has 1 rings (SSSR count). The second-order valence-corrected chi connectivity index (χ2v) is 3.67. The largest absolute Gasteiger partial charge is 0.306 e. The molecule has 0 N–H and O–H groups in total. The molecule has 0 radical (unpaired) electrons. The highest BCUT2D eigenvalue weighted by molar-refractivity contribution is 4.71. The van der Waals surface area contributed by atoms with E-state index >= 15 is 0 Å². The zero-order chi connectivity index (χ0) is 16.9. The van der Waals surface area contributed by atoms with Crippen LogP contribution in [0.5, 0.6) is 0 Å². The monoisotopic (exact) mass is 277 g/mol. The van der Waals surface area contributed by atoms with Crippen LogP contribution in [0.15, 0.2) is 0 Å². The first-order valence-electron chi connectivity index (χ1n) is 8.87. The van der Waals surface area contributed by atoms with Crippen molar-refractivity contribution >= 4 is 0 Å².